The molecule has 29 heavy (non-hydrogen) atoms. The number of anilines is 1. The van der Waals surface area contributed by atoms with Crippen molar-refractivity contribution in [1.29, 1.82) is 0 Å². The number of nitrogen functional groups attached to an aromatic ring is 1. The molecule has 3 heterocycles. The fourth-order valence-electron chi connectivity index (χ4n) is 3.93. The number of aromatic nitrogens is 6. The molecular formula is C21H22ClN7. The molecule has 0 spiro atoms. The van der Waals surface area contributed by atoms with Gasteiger partial charge in [0, 0.05) is 23.3 Å². The largest absolute Gasteiger partial charge is 0.383 e. The molecule has 1 fully saturated rings. The minimum Gasteiger partial charge on any atom is -0.383 e. The van der Waals surface area contributed by atoms with Gasteiger partial charge in [-0.15, -0.1) is 5.10 Å². The number of benzene rings is 1. The highest BCUT2D eigenvalue weighted by Crippen LogP contribution is 2.35. The molecule has 0 amide bonds. The zero-order valence-corrected chi connectivity index (χ0v) is 16.9. The highest BCUT2D eigenvalue weighted by atomic mass is 35.5. The van der Waals surface area contributed by atoms with Crippen LogP contribution in [0.25, 0.3) is 22.2 Å². The van der Waals surface area contributed by atoms with Gasteiger partial charge in [-0.3, -0.25) is 4.68 Å². The maximum absolute atomic E-state index is 6.23. The Labute approximate surface area is 173 Å². The third-order valence-electron chi connectivity index (χ3n) is 5.87. The van der Waals surface area contributed by atoms with Crippen LogP contribution in [0.15, 0.2) is 43.0 Å². The van der Waals surface area contributed by atoms with Crippen LogP contribution < -0.4 is 5.73 Å². The van der Waals surface area contributed by atoms with Crippen molar-refractivity contribution >= 4 is 28.5 Å². The molecule has 0 aliphatic heterocycles. The van der Waals surface area contributed by atoms with Crippen molar-refractivity contribution in [3.05, 3.63) is 53.7 Å². The summed E-state index contributed by atoms with van der Waals surface area (Å²) in [6, 6.07) is 7.66. The first-order valence-corrected chi connectivity index (χ1v) is 10.2. The minimum atomic E-state index is -0.0389. The van der Waals surface area contributed by atoms with Crippen molar-refractivity contribution in [3.63, 3.8) is 0 Å². The first-order valence-electron chi connectivity index (χ1n) is 9.87. The van der Waals surface area contributed by atoms with E-state index in [-0.39, 0.29) is 6.04 Å². The molecule has 7 nitrogen and oxygen atoms in total. The zero-order valence-electron chi connectivity index (χ0n) is 16.2. The Hall–Kier alpha value is -2.93. The van der Waals surface area contributed by atoms with Crippen molar-refractivity contribution in [3.8, 4) is 11.1 Å². The smallest absolute Gasteiger partial charge is 0.146 e. The van der Waals surface area contributed by atoms with Crippen molar-refractivity contribution in [2.45, 2.75) is 38.8 Å². The maximum Gasteiger partial charge on any atom is 0.146 e. The molecule has 1 aromatic carbocycles. The van der Waals surface area contributed by atoms with Gasteiger partial charge in [-0.05, 0) is 43.4 Å². The second-order valence-electron chi connectivity index (χ2n) is 7.75. The SMILES string of the molecule is CC(c1cn(CC2CCC2)nn1)n1cc(-c2ccc(Cl)cc2)c2c(N)ncnc21. The van der Waals surface area contributed by atoms with Crippen molar-refractivity contribution in [2.75, 3.05) is 5.73 Å². The normalized spacial score (nSPS) is 15.5. The van der Waals surface area contributed by atoms with Gasteiger partial charge >= 0.3 is 0 Å². The molecule has 148 valence electrons. The number of nitrogens with two attached hydrogens (primary N) is 1. The lowest BCUT2D eigenvalue weighted by molar-refractivity contribution is 0.264. The van der Waals surface area contributed by atoms with Crippen LogP contribution in [0.5, 0.6) is 0 Å². The van der Waals surface area contributed by atoms with E-state index in [0.29, 0.717) is 10.8 Å². The highest BCUT2D eigenvalue weighted by Gasteiger charge is 2.22. The standard InChI is InChI=1S/C21H22ClN7/c1-13(18-11-28(27-26-18)9-14-3-2-4-14)29-10-17(15-5-7-16(22)8-6-15)19-20(23)24-12-25-21(19)29/h5-8,10-14H,2-4,9H2,1H3,(H2,23,24,25). The summed E-state index contributed by atoms with van der Waals surface area (Å²) in [5, 5.41) is 10.3. The summed E-state index contributed by atoms with van der Waals surface area (Å²) in [4.78, 5) is 8.72. The topological polar surface area (TPSA) is 87.4 Å². The Balaban J connectivity index is 1.56. The third kappa shape index (κ3) is 3.25. The molecule has 1 aliphatic rings. The first-order chi connectivity index (χ1) is 14.1. The van der Waals surface area contributed by atoms with Gasteiger partial charge in [0.1, 0.15) is 23.5 Å². The summed E-state index contributed by atoms with van der Waals surface area (Å²) in [6.45, 7) is 3.04. The van der Waals surface area contributed by atoms with Gasteiger partial charge in [-0.2, -0.15) is 0 Å². The van der Waals surface area contributed by atoms with E-state index in [1.165, 1.54) is 25.6 Å². The monoisotopic (exact) mass is 407 g/mol. The minimum absolute atomic E-state index is 0.0389. The number of hydrogen-bond acceptors (Lipinski definition) is 5. The first kappa shape index (κ1) is 18.1. The van der Waals surface area contributed by atoms with Crippen molar-refractivity contribution < 1.29 is 0 Å². The van der Waals surface area contributed by atoms with Crippen molar-refractivity contribution in [1.82, 2.24) is 29.5 Å². The predicted molar refractivity (Wildman–Crippen MR) is 114 cm³/mol. The summed E-state index contributed by atoms with van der Waals surface area (Å²) in [5.74, 6) is 1.19. The van der Waals surface area contributed by atoms with Crippen LogP contribution in [-0.2, 0) is 6.54 Å². The average Bonchev–Trinajstić information content (AvgIpc) is 3.31. The zero-order chi connectivity index (χ0) is 20.0. The van der Waals surface area contributed by atoms with E-state index in [0.717, 1.165) is 40.3 Å². The van der Waals surface area contributed by atoms with Crippen LogP contribution in [-0.4, -0.2) is 29.5 Å². The van der Waals surface area contributed by atoms with E-state index in [1.54, 1.807) is 0 Å². The molecule has 1 unspecified atom stereocenters. The van der Waals surface area contributed by atoms with Gasteiger partial charge in [0.2, 0.25) is 0 Å². The Bertz CT molecular complexity index is 1160. The number of halogens is 1. The van der Waals surface area contributed by atoms with Crippen LogP contribution in [0.2, 0.25) is 5.02 Å². The van der Waals surface area contributed by atoms with Gasteiger partial charge in [0.25, 0.3) is 0 Å². The van der Waals surface area contributed by atoms with Crippen LogP contribution >= 0.6 is 11.6 Å². The predicted octanol–water partition coefficient (Wildman–Crippen LogP) is 4.33. The second kappa shape index (κ2) is 7.15. The molecule has 0 bridgehead atoms. The molecule has 8 heteroatoms. The molecule has 4 aromatic rings. The summed E-state index contributed by atoms with van der Waals surface area (Å²) < 4.78 is 4.06. The molecule has 2 N–H and O–H groups in total. The van der Waals surface area contributed by atoms with Crippen molar-refractivity contribution in [2.24, 2.45) is 5.92 Å². The molecule has 0 radical (unpaired) electrons. The fourth-order valence-corrected chi connectivity index (χ4v) is 4.05. The quantitative estimate of drug-likeness (QED) is 0.531. The number of nitrogens with zero attached hydrogens (tertiary/aromatic N) is 6. The fraction of sp³-hybridized carbons (Fsp3) is 0.333. The van der Waals surface area contributed by atoms with E-state index in [2.05, 4.69) is 38.0 Å². The number of rotatable bonds is 5. The Morgan fingerprint density at radius 3 is 2.69 bits per heavy atom. The summed E-state index contributed by atoms with van der Waals surface area (Å²) in [6.07, 6.45) is 9.50. The van der Waals surface area contributed by atoms with Gasteiger partial charge in [0.05, 0.1) is 17.6 Å². The summed E-state index contributed by atoms with van der Waals surface area (Å²) in [5.41, 5.74) is 9.91. The van der Waals surface area contributed by atoms with E-state index in [9.17, 15) is 0 Å². The number of hydrogen-bond donors (Lipinski definition) is 1. The van der Waals surface area contributed by atoms with E-state index in [1.807, 2.05) is 35.1 Å². The molecule has 1 atom stereocenters. The molecule has 1 saturated carbocycles. The molecule has 1 aliphatic carbocycles. The summed E-state index contributed by atoms with van der Waals surface area (Å²) >= 11 is 6.07. The molecular weight excluding hydrogens is 386 g/mol. The third-order valence-corrected chi connectivity index (χ3v) is 6.12. The van der Waals surface area contributed by atoms with E-state index < -0.39 is 0 Å². The Morgan fingerprint density at radius 1 is 1.17 bits per heavy atom. The second-order valence-corrected chi connectivity index (χ2v) is 8.19. The van der Waals surface area contributed by atoms with Gasteiger partial charge in [0.15, 0.2) is 0 Å². The summed E-state index contributed by atoms with van der Waals surface area (Å²) in [7, 11) is 0. The van der Waals surface area contributed by atoms with E-state index in [4.69, 9.17) is 17.3 Å². The lowest BCUT2D eigenvalue weighted by atomic mass is 9.85. The van der Waals surface area contributed by atoms with E-state index >= 15 is 0 Å². The highest BCUT2D eigenvalue weighted by molar-refractivity contribution is 6.30. The molecule has 5 rings (SSSR count). The van der Waals surface area contributed by atoms with Gasteiger partial charge in [-0.25, -0.2) is 9.97 Å². The number of fused-ring (bicyclic) bond motifs is 1. The average molecular weight is 408 g/mol. The van der Waals surface area contributed by atoms with Gasteiger partial charge in [-0.1, -0.05) is 35.4 Å². The maximum atomic E-state index is 6.23. The van der Waals surface area contributed by atoms with Gasteiger partial charge < -0.3 is 10.3 Å². The molecule has 0 saturated heterocycles. The van der Waals surface area contributed by atoms with Crippen LogP contribution in [0, 0.1) is 5.92 Å². The lowest BCUT2D eigenvalue weighted by Gasteiger charge is -2.24. The Morgan fingerprint density at radius 2 is 1.97 bits per heavy atom. The lowest BCUT2D eigenvalue weighted by Crippen LogP contribution is -2.18. The van der Waals surface area contributed by atoms with Crippen LogP contribution in [0.3, 0.4) is 0 Å². The van der Waals surface area contributed by atoms with Crippen LogP contribution in [0.1, 0.15) is 37.9 Å². The Kier molecular flexibility index (Phi) is 4.47. The molecule has 3 aromatic heterocycles. The van der Waals surface area contributed by atoms with Crippen LogP contribution in [0.4, 0.5) is 5.82 Å².